The highest BCUT2D eigenvalue weighted by molar-refractivity contribution is 8.00. The summed E-state index contributed by atoms with van der Waals surface area (Å²) < 4.78 is 5.28. The summed E-state index contributed by atoms with van der Waals surface area (Å²) in [7, 11) is 0. The van der Waals surface area contributed by atoms with E-state index in [4.69, 9.17) is 4.74 Å². The molecule has 0 radical (unpaired) electrons. The molecule has 1 aromatic heterocycles. The summed E-state index contributed by atoms with van der Waals surface area (Å²) in [5.41, 5.74) is 2.18. The van der Waals surface area contributed by atoms with Gasteiger partial charge in [0.2, 0.25) is 11.8 Å². The lowest BCUT2D eigenvalue weighted by Crippen LogP contribution is -2.19. The first-order valence-electron chi connectivity index (χ1n) is 11.7. The van der Waals surface area contributed by atoms with Crippen molar-refractivity contribution >= 4 is 51.6 Å². The van der Waals surface area contributed by atoms with Crippen molar-refractivity contribution in [2.45, 2.75) is 65.2 Å². The van der Waals surface area contributed by atoms with Gasteiger partial charge in [0.25, 0.3) is 0 Å². The lowest BCUT2D eigenvalue weighted by molar-refractivity contribution is -0.118. The Morgan fingerprint density at radius 1 is 1.18 bits per heavy atom. The first kappa shape index (κ1) is 26.3. The van der Waals surface area contributed by atoms with Gasteiger partial charge in [-0.05, 0) is 61.3 Å². The average molecular weight is 503 g/mol. The van der Waals surface area contributed by atoms with Crippen molar-refractivity contribution in [1.29, 1.82) is 0 Å². The highest BCUT2D eigenvalue weighted by atomic mass is 32.2. The second-order valence-corrected chi connectivity index (χ2v) is 12.1. The molecule has 1 aliphatic rings. The Kier molecular flexibility index (Phi) is 8.82. The van der Waals surface area contributed by atoms with E-state index < -0.39 is 0 Å². The number of esters is 1. The Bertz CT molecular complexity index is 1060. The Morgan fingerprint density at radius 2 is 1.94 bits per heavy atom. The molecule has 0 spiro atoms. The van der Waals surface area contributed by atoms with E-state index in [-0.39, 0.29) is 29.0 Å². The standard InChI is InChI=1S/C26H34N2O4S2/c1-6-32-25(31)23-19-11-10-16(2)12-20(19)34-24(23)28-22(30)15-33-18-9-7-8-17(13-18)27-21(29)14-26(3,4)5/h7-9,13,16H,6,10-12,14-15H2,1-5H3,(H,27,29)(H,28,30). The molecule has 184 valence electrons. The van der Waals surface area contributed by atoms with Crippen LogP contribution in [0.15, 0.2) is 29.2 Å². The van der Waals surface area contributed by atoms with E-state index in [2.05, 4.69) is 17.6 Å². The molecule has 0 fully saturated rings. The van der Waals surface area contributed by atoms with E-state index in [1.165, 1.54) is 28.0 Å². The van der Waals surface area contributed by atoms with E-state index in [1.807, 2.05) is 45.0 Å². The Labute approximate surface area is 210 Å². The van der Waals surface area contributed by atoms with Gasteiger partial charge in [0, 0.05) is 21.9 Å². The first-order chi connectivity index (χ1) is 16.1. The van der Waals surface area contributed by atoms with Gasteiger partial charge in [0.1, 0.15) is 5.00 Å². The minimum atomic E-state index is -0.365. The predicted octanol–water partition coefficient (Wildman–Crippen LogP) is 6.16. The molecule has 1 atom stereocenters. The van der Waals surface area contributed by atoms with Crippen LogP contribution in [0.2, 0.25) is 0 Å². The van der Waals surface area contributed by atoms with Gasteiger partial charge < -0.3 is 15.4 Å². The Balaban J connectivity index is 1.64. The number of carbonyl (C=O) groups excluding carboxylic acids is 3. The van der Waals surface area contributed by atoms with Crippen LogP contribution in [0.5, 0.6) is 0 Å². The van der Waals surface area contributed by atoms with Gasteiger partial charge >= 0.3 is 5.97 Å². The molecule has 0 saturated heterocycles. The zero-order chi connectivity index (χ0) is 24.9. The Morgan fingerprint density at radius 3 is 2.65 bits per heavy atom. The number of fused-ring (bicyclic) bond motifs is 1. The van der Waals surface area contributed by atoms with E-state index in [9.17, 15) is 14.4 Å². The molecule has 0 saturated carbocycles. The first-order valence-corrected chi connectivity index (χ1v) is 13.5. The van der Waals surface area contributed by atoms with Crippen molar-refractivity contribution in [2.24, 2.45) is 11.3 Å². The lowest BCUT2D eigenvalue weighted by atomic mass is 9.88. The van der Waals surface area contributed by atoms with Crippen LogP contribution in [-0.2, 0) is 27.2 Å². The molecule has 2 N–H and O–H groups in total. The highest BCUT2D eigenvalue weighted by Crippen LogP contribution is 2.40. The van der Waals surface area contributed by atoms with Crippen molar-refractivity contribution in [3.63, 3.8) is 0 Å². The molecule has 1 aliphatic carbocycles. The number of carbonyl (C=O) groups is 3. The Hall–Kier alpha value is -2.32. The van der Waals surface area contributed by atoms with Gasteiger partial charge in [0.15, 0.2) is 0 Å². The van der Waals surface area contributed by atoms with Gasteiger partial charge in [-0.2, -0.15) is 0 Å². The maximum absolute atomic E-state index is 12.8. The minimum absolute atomic E-state index is 0.0325. The molecule has 1 unspecified atom stereocenters. The van der Waals surface area contributed by atoms with Crippen LogP contribution in [0.1, 0.15) is 68.3 Å². The maximum atomic E-state index is 12.8. The molecular weight excluding hydrogens is 468 g/mol. The van der Waals surface area contributed by atoms with Crippen molar-refractivity contribution < 1.29 is 19.1 Å². The molecular formula is C26H34N2O4S2. The van der Waals surface area contributed by atoms with Crippen LogP contribution in [0, 0.1) is 11.3 Å². The van der Waals surface area contributed by atoms with Gasteiger partial charge in [-0.25, -0.2) is 4.79 Å². The molecule has 1 aromatic carbocycles. The molecule has 6 nitrogen and oxygen atoms in total. The number of rotatable bonds is 8. The monoisotopic (exact) mass is 502 g/mol. The number of benzene rings is 1. The normalized spacial score (nSPS) is 15.4. The number of hydrogen-bond acceptors (Lipinski definition) is 6. The van der Waals surface area contributed by atoms with E-state index in [0.29, 0.717) is 35.2 Å². The third-order valence-corrected chi connectivity index (χ3v) is 7.59. The van der Waals surface area contributed by atoms with Crippen molar-refractivity contribution in [2.75, 3.05) is 23.0 Å². The number of hydrogen-bond donors (Lipinski definition) is 2. The molecule has 2 amide bonds. The van der Waals surface area contributed by atoms with Crippen LogP contribution in [0.4, 0.5) is 10.7 Å². The zero-order valence-electron chi connectivity index (χ0n) is 20.6. The maximum Gasteiger partial charge on any atom is 0.341 e. The van der Waals surface area contributed by atoms with Gasteiger partial charge in [0.05, 0.1) is 17.9 Å². The lowest BCUT2D eigenvalue weighted by Gasteiger charge is -2.18. The van der Waals surface area contributed by atoms with Crippen molar-refractivity contribution in [3.8, 4) is 0 Å². The summed E-state index contributed by atoms with van der Waals surface area (Å²) in [5.74, 6) is 0.188. The number of ether oxygens (including phenoxy) is 1. The highest BCUT2D eigenvalue weighted by Gasteiger charge is 2.29. The van der Waals surface area contributed by atoms with Crippen molar-refractivity contribution in [3.05, 3.63) is 40.3 Å². The second kappa shape index (κ2) is 11.4. The quantitative estimate of drug-likeness (QED) is 0.334. The van der Waals surface area contributed by atoms with Gasteiger partial charge in [-0.1, -0.05) is 33.8 Å². The van der Waals surface area contributed by atoms with Crippen LogP contribution < -0.4 is 10.6 Å². The molecule has 8 heteroatoms. The fourth-order valence-electron chi connectivity index (χ4n) is 3.92. The SMILES string of the molecule is CCOC(=O)c1c(NC(=O)CSc2cccc(NC(=O)CC(C)(C)C)c2)sc2c1CCC(C)C2. The number of thioether (sulfide) groups is 1. The number of thiophene rings is 1. The third kappa shape index (κ3) is 7.34. The minimum Gasteiger partial charge on any atom is -0.462 e. The molecule has 0 bridgehead atoms. The van der Waals surface area contributed by atoms with Gasteiger partial charge in [-0.3, -0.25) is 9.59 Å². The van der Waals surface area contributed by atoms with Crippen LogP contribution in [-0.4, -0.2) is 30.1 Å². The molecule has 1 heterocycles. The molecule has 3 rings (SSSR count). The molecule has 0 aliphatic heterocycles. The summed E-state index contributed by atoms with van der Waals surface area (Å²) in [5, 5.41) is 6.47. The average Bonchev–Trinajstić information content (AvgIpc) is 3.08. The second-order valence-electron chi connectivity index (χ2n) is 9.93. The fraction of sp³-hybridized carbons (Fsp3) is 0.500. The molecule has 2 aromatic rings. The van der Waals surface area contributed by atoms with Crippen molar-refractivity contribution in [1.82, 2.24) is 0 Å². The number of amides is 2. The van der Waals surface area contributed by atoms with Crippen LogP contribution in [0.3, 0.4) is 0 Å². The zero-order valence-corrected chi connectivity index (χ0v) is 22.2. The summed E-state index contributed by atoms with van der Waals surface area (Å²) in [6, 6.07) is 7.48. The summed E-state index contributed by atoms with van der Waals surface area (Å²) in [6.45, 7) is 10.4. The van der Waals surface area contributed by atoms with Gasteiger partial charge in [-0.15, -0.1) is 23.1 Å². The molecule has 34 heavy (non-hydrogen) atoms. The topological polar surface area (TPSA) is 84.5 Å². The van der Waals surface area contributed by atoms with E-state index >= 15 is 0 Å². The van der Waals surface area contributed by atoms with Crippen LogP contribution in [0.25, 0.3) is 0 Å². The largest absolute Gasteiger partial charge is 0.462 e. The number of nitrogens with one attached hydrogen (secondary N) is 2. The summed E-state index contributed by atoms with van der Waals surface area (Å²) >= 11 is 2.88. The van der Waals surface area contributed by atoms with Crippen LogP contribution >= 0.6 is 23.1 Å². The predicted molar refractivity (Wildman–Crippen MR) is 140 cm³/mol. The third-order valence-electron chi connectivity index (χ3n) is 5.42. The number of anilines is 2. The van der Waals surface area contributed by atoms with E-state index in [1.54, 1.807) is 6.92 Å². The summed E-state index contributed by atoms with van der Waals surface area (Å²) in [6.07, 6.45) is 3.21. The van der Waals surface area contributed by atoms with E-state index in [0.717, 1.165) is 29.7 Å². The summed E-state index contributed by atoms with van der Waals surface area (Å²) in [4.78, 5) is 39.7. The smallest absolute Gasteiger partial charge is 0.341 e. The fourth-order valence-corrected chi connectivity index (χ4v) is 6.09.